The third-order valence-corrected chi connectivity index (χ3v) is 4.20. The van der Waals surface area contributed by atoms with Crippen LogP contribution in [0.3, 0.4) is 0 Å². The minimum absolute atomic E-state index is 0.144. The summed E-state index contributed by atoms with van der Waals surface area (Å²) in [5.41, 5.74) is 7.36. The number of carbonyl (C=O) groups excluding carboxylic acids is 1. The lowest BCUT2D eigenvalue weighted by atomic mass is 10.0. The number of anilines is 1. The Morgan fingerprint density at radius 3 is 2.68 bits per heavy atom. The number of hydrogen-bond acceptors (Lipinski definition) is 6. The first kappa shape index (κ1) is 17.1. The molecule has 2 aromatic carbocycles. The first-order valence-corrected chi connectivity index (χ1v) is 7.94. The Hall–Kier alpha value is -2.77. The van der Waals surface area contributed by atoms with Gasteiger partial charge in [0.25, 0.3) is 0 Å². The van der Waals surface area contributed by atoms with Gasteiger partial charge in [-0.2, -0.15) is 0 Å². The van der Waals surface area contributed by atoms with Crippen LogP contribution in [0, 0.1) is 0 Å². The fourth-order valence-corrected chi connectivity index (χ4v) is 2.84. The van der Waals surface area contributed by atoms with E-state index in [2.05, 4.69) is 16.2 Å². The molecular weight excluding hydrogens is 322 g/mol. The van der Waals surface area contributed by atoms with Crippen molar-refractivity contribution in [2.45, 2.75) is 18.5 Å². The van der Waals surface area contributed by atoms with E-state index in [4.69, 9.17) is 9.47 Å². The number of hydrogen-bond donors (Lipinski definition) is 4. The Morgan fingerprint density at radius 1 is 1.16 bits per heavy atom. The maximum Gasteiger partial charge on any atom is 0.243 e. The van der Waals surface area contributed by atoms with Gasteiger partial charge in [0, 0.05) is 11.6 Å². The molecule has 2 unspecified atom stereocenters. The normalized spacial score (nSPS) is 19.4. The number of hydrazine groups is 1. The average Bonchev–Trinajstić information content (AvgIpc) is 3.12. The summed E-state index contributed by atoms with van der Waals surface area (Å²) < 4.78 is 10.4. The molecule has 132 valence electrons. The molecule has 1 aliphatic heterocycles. The summed E-state index contributed by atoms with van der Waals surface area (Å²) in [4.78, 5) is 12.5. The van der Waals surface area contributed by atoms with Gasteiger partial charge in [-0.25, -0.2) is 10.9 Å². The second-order valence-electron chi connectivity index (χ2n) is 5.74. The van der Waals surface area contributed by atoms with Crippen molar-refractivity contribution in [3.05, 3.63) is 48.0 Å². The van der Waals surface area contributed by atoms with Gasteiger partial charge in [-0.15, -0.1) is 0 Å². The summed E-state index contributed by atoms with van der Waals surface area (Å²) in [5, 5.41) is 12.8. The number of ether oxygens (including phenoxy) is 2. The number of amides is 1. The summed E-state index contributed by atoms with van der Waals surface area (Å²) in [6.45, 7) is 0. The van der Waals surface area contributed by atoms with Crippen molar-refractivity contribution in [2.75, 3.05) is 19.5 Å². The van der Waals surface area contributed by atoms with E-state index in [1.54, 1.807) is 37.4 Å². The SMILES string of the molecule is COc1ccc(NC(=O)C2CC(c3ccccc3O)NN2)c(OC)c1. The summed E-state index contributed by atoms with van der Waals surface area (Å²) >= 11 is 0. The third-order valence-electron chi connectivity index (χ3n) is 4.20. The third kappa shape index (κ3) is 3.67. The lowest BCUT2D eigenvalue weighted by molar-refractivity contribution is -0.117. The molecule has 0 aromatic heterocycles. The smallest absolute Gasteiger partial charge is 0.243 e. The molecule has 1 saturated heterocycles. The average molecular weight is 343 g/mol. The first-order valence-electron chi connectivity index (χ1n) is 7.94. The largest absolute Gasteiger partial charge is 0.508 e. The monoisotopic (exact) mass is 343 g/mol. The molecule has 4 N–H and O–H groups in total. The molecular formula is C18H21N3O4. The zero-order valence-electron chi connectivity index (χ0n) is 14.1. The van der Waals surface area contributed by atoms with E-state index in [0.29, 0.717) is 23.6 Å². The second-order valence-corrected chi connectivity index (χ2v) is 5.74. The van der Waals surface area contributed by atoms with Crippen LogP contribution in [-0.4, -0.2) is 31.3 Å². The number of para-hydroxylation sites is 1. The fourth-order valence-electron chi connectivity index (χ4n) is 2.84. The maximum absolute atomic E-state index is 12.5. The summed E-state index contributed by atoms with van der Waals surface area (Å²) in [6.07, 6.45) is 0.516. The number of nitrogens with one attached hydrogen (secondary N) is 3. The van der Waals surface area contributed by atoms with Crippen molar-refractivity contribution in [3.8, 4) is 17.2 Å². The van der Waals surface area contributed by atoms with E-state index in [-0.39, 0.29) is 17.7 Å². The molecule has 25 heavy (non-hydrogen) atoms. The quantitative estimate of drug-likeness (QED) is 0.663. The Kier molecular flexibility index (Phi) is 5.06. The van der Waals surface area contributed by atoms with E-state index in [1.807, 2.05) is 12.1 Å². The van der Waals surface area contributed by atoms with Crippen LogP contribution in [-0.2, 0) is 4.79 Å². The minimum Gasteiger partial charge on any atom is -0.508 e. The molecule has 2 aromatic rings. The van der Waals surface area contributed by atoms with Gasteiger partial charge >= 0.3 is 0 Å². The molecule has 1 aliphatic rings. The summed E-state index contributed by atoms with van der Waals surface area (Å²) in [7, 11) is 3.11. The topological polar surface area (TPSA) is 91.9 Å². The lowest BCUT2D eigenvalue weighted by Gasteiger charge is -2.14. The molecule has 1 fully saturated rings. The van der Waals surface area contributed by atoms with Gasteiger partial charge in [-0.05, 0) is 24.6 Å². The molecule has 7 nitrogen and oxygen atoms in total. The summed E-state index contributed by atoms with van der Waals surface area (Å²) in [6, 6.07) is 11.7. The highest BCUT2D eigenvalue weighted by molar-refractivity contribution is 5.96. The predicted octanol–water partition coefficient (Wildman–Crippen LogP) is 1.96. The highest BCUT2D eigenvalue weighted by atomic mass is 16.5. The van der Waals surface area contributed by atoms with Crippen LogP contribution in [0.4, 0.5) is 5.69 Å². The van der Waals surface area contributed by atoms with Gasteiger partial charge in [-0.1, -0.05) is 18.2 Å². The second kappa shape index (κ2) is 7.42. The molecule has 1 amide bonds. The first-order chi connectivity index (χ1) is 12.1. The molecule has 2 atom stereocenters. The molecule has 0 spiro atoms. The van der Waals surface area contributed by atoms with Gasteiger partial charge in [0.1, 0.15) is 23.3 Å². The van der Waals surface area contributed by atoms with Crippen LogP contribution < -0.4 is 25.6 Å². The standard InChI is InChI=1S/C18H21N3O4/c1-24-11-7-8-13(17(9-11)25-2)19-18(23)15-10-14(20-21-15)12-5-3-4-6-16(12)22/h3-9,14-15,20-22H,10H2,1-2H3,(H,19,23). The van der Waals surface area contributed by atoms with Crippen LogP contribution in [0.1, 0.15) is 18.0 Å². The van der Waals surface area contributed by atoms with E-state index in [1.165, 1.54) is 7.11 Å². The van der Waals surface area contributed by atoms with Crippen LogP contribution >= 0.6 is 0 Å². The predicted molar refractivity (Wildman–Crippen MR) is 93.7 cm³/mol. The molecule has 3 rings (SSSR count). The van der Waals surface area contributed by atoms with Gasteiger partial charge in [0.05, 0.1) is 25.9 Å². The van der Waals surface area contributed by atoms with E-state index >= 15 is 0 Å². The van der Waals surface area contributed by atoms with Crippen molar-refractivity contribution >= 4 is 11.6 Å². The molecule has 1 heterocycles. The zero-order valence-corrected chi connectivity index (χ0v) is 14.1. The Morgan fingerprint density at radius 2 is 1.96 bits per heavy atom. The van der Waals surface area contributed by atoms with Crippen LogP contribution in [0.2, 0.25) is 0 Å². The van der Waals surface area contributed by atoms with Crippen LogP contribution in [0.25, 0.3) is 0 Å². The van der Waals surface area contributed by atoms with Gasteiger partial charge < -0.3 is 19.9 Å². The van der Waals surface area contributed by atoms with Crippen molar-refractivity contribution in [2.24, 2.45) is 0 Å². The molecule has 0 bridgehead atoms. The Bertz CT molecular complexity index is 766. The fraction of sp³-hybridized carbons (Fsp3) is 0.278. The number of phenolic OH excluding ortho intramolecular Hbond substituents is 1. The van der Waals surface area contributed by atoms with Gasteiger partial charge in [0.2, 0.25) is 5.91 Å². The van der Waals surface area contributed by atoms with E-state index in [9.17, 15) is 9.90 Å². The zero-order chi connectivity index (χ0) is 17.8. The maximum atomic E-state index is 12.5. The number of phenols is 1. The molecule has 0 saturated carbocycles. The van der Waals surface area contributed by atoms with Crippen molar-refractivity contribution in [3.63, 3.8) is 0 Å². The minimum atomic E-state index is -0.434. The van der Waals surface area contributed by atoms with Crippen LogP contribution in [0.5, 0.6) is 17.2 Å². The summed E-state index contributed by atoms with van der Waals surface area (Å²) in [5.74, 6) is 1.19. The molecule has 7 heteroatoms. The molecule has 0 aliphatic carbocycles. The van der Waals surface area contributed by atoms with Crippen LogP contribution in [0.15, 0.2) is 42.5 Å². The number of carbonyl (C=O) groups is 1. The highest BCUT2D eigenvalue weighted by Gasteiger charge is 2.31. The van der Waals surface area contributed by atoms with Crippen molar-refractivity contribution in [1.82, 2.24) is 10.9 Å². The van der Waals surface area contributed by atoms with E-state index < -0.39 is 6.04 Å². The number of aromatic hydroxyl groups is 1. The van der Waals surface area contributed by atoms with Crippen molar-refractivity contribution in [1.29, 1.82) is 0 Å². The lowest BCUT2D eigenvalue weighted by Crippen LogP contribution is -2.39. The number of rotatable bonds is 5. The molecule has 0 radical (unpaired) electrons. The number of methoxy groups -OCH3 is 2. The van der Waals surface area contributed by atoms with Crippen molar-refractivity contribution < 1.29 is 19.4 Å². The highest BCUT2D eigenvalue weighted by Crippen LogP contribution is 2.31. The Balaban J connectivity index is 1.68. The van der Waals surface area contributed by atoms with Gasteiger partial charge in [0.15, 0.2) is 0 Å². The Labute approximate surface area is 145 Å². The van der Waals surface area contributed by atoms with E-state index in [0.717, 1.165) is 5.56 Å². The van der Waals surface area contributed by atoms with Gasteiger partial charge in [-0.3, -0.25) is 4.79 Å². The number of benzene rings is 2.